The Labute approximate surface area is 192 Å². The van der Waals surface area contributed by atoms with Gasteiger partial charge in [-0.25, -0.2) is 0 Å². The number of ether oxygens (including phenoxy) is 1. The average Bonchev–Trinajstić information content (AvgIpc) is 3.41. The largest absolute Gasteiger partial charge is 0.490 e. The van der Waals surface area contributed by atoms with Crippen LogP contribution in [0.1, 0.15) is 31.2 Å². The Bertz CT molecular complexity index is 1030. The minimum absolute atomic E-state index is 0.0675. The number of para-hydroxylation sites is 1. The summed E-state index contributed by atoms with van der Waals surface area (Å²) in [6.07, 6.45) is 8.38. The molecular weight excluding hydrogens is 420 g/mol. The molecule has 0 spiro atoms. The van der Waals surface area contributed by atoms with Crippen LogP contribution in [0.4, 0.5) is 0 Å². The summed E-state index contributed by atoms with van der Waals surface area (Å²) in [7, 11) is 0. The van der Waals surface area contributed by atoms with Gasteiger partial charge in [-0.05, 0) is 49.7 Å². The molecule has 0 N–H and O–H groups in total. The Hall–Kier alpha value is -3.33. The highest BCUT2D eigenvalue weighted by atomic mass is 16.5. The van der Waals surface area contributed by atoms with Crippen LogP contribution in [0.15, 0.2) is 53.6 Å². The number of carbonyl (C=O) groups excluding carboxylic acids is 1. The first-order valence-corrected chi connectivity index (χ1v) is 11.6. The number of aromatic nitrogens is 4. The first-order valence-electron chi connectivity index (χ1n) is 11.6. The van der Waals surface area contributed by atoms with Crippen LogP contribution >= 0.6 is 0 Å². The highest BCUT2D eigenvalue weighted by molar-refractivity contribution is 5.79. The van der Waals surface area contributed by atoms with E-state index in [0.717, 1.165) is 75.3 Å². The quantitative estimate of drug-likeness (QED) is 0.568. The fourth-order valence-electron chi connectivity index (χ4n) is 4.68. The maximum absolute atomic E-state index is 13.1. The normalized spacial score (nSPS) is 18.4. The van der Waals surface area contributed by atoms with Crippen LogP contribution in [-0.2, 0) is 11.3 Å². The van der Waals surface area contributed by atoms with Crippen LogP contribution < -0.4 is 4.74 Å². The number of rotatable bonds is 6. The van der Waals surface area contributed by atoms with Crippen LogP contribution in [0.3, 0.4) is 0 Å². The molecule has 4 heterocycles. The van der Waals surface area contributed by atoms with Gasteiger partial charge in [0.15, 0.2) is 0 Å². The molecule has 9 nitrogen and oxygen atoms in total. The minimum Gasteiger partial charge on any atom is -0.490 e. The number of nitrogens with zero attached hydrogens (tertiary/aromatic N) is 6. The molecule has 0 bridgehead atoms. The van der Waals surface area contributed by atoms with Gasteiger partial charge in [-0.2, -0.15) is 15.2 Å². The maximum Gasteiger partial charge on any atom is 0.225 e. The lowest BCUT2D eigenvalue weighted by Gasteiger charge is -2.37. The van der Waals surface area contributed by atoms with E-state index in [-0.39, 0.29) is 12.0 Å². The molecule has 2 saturated heterocycles. The Balaban J connectivity index is 1.10. The molecule has 1 amide bonds. The van der Waals surface area contributed by atoms with Gasteiger partial charge in [-0.3, -0.25) is 9.69 Å². The smallest absolute Gasteiger partial charge is 0.225 e. The second-order valence-electron chi connectivity index (χ2n) is 8.69. The molecule has 0 saturated carbocycles. The van der Waals surface area contributed by atoms with E-state index in [1.807, 2.05) is 41.4 Å². The van der Waals surface area contributed by atoms with Crippen LogP contribution in [-0.4, -0.2) is 68.3 Å². The summed E-state index contributed by atoms with van der Waals surface area (Å²) in [5.41, 5.74) is 1.98. The topological polar surface area (TPSA) is 97.5 Å². The summed E-state index contributed by atoms with van der Waals surface area (Å²) in [6, 6.07) is 9.72. The molecular formula is C24H28N6O3. The maximum atomic E-state index is 13.1. The third kappa shape index (κ3) is 5.19. The van der Waals surface area contributed by atoms with Crippen molar-refractivity contribution in [3.8, 4) is 17.1 Å². The number of benzene rings is 1. The summed E-state index contributed by atoms with van der Waals surface area (Å²) >= 11 is 0. The molecule has 2 fully saturated rings. The summed E-state index contributed by atoms with van der Waals surface area (Å²) in [6.45, 7) is 4.20. The molecule has 5 rings (SSSR count). The van der Waals surface area contributed by atoms with Gasteiger partial charge < -0.3 is 14.2 Å². The lowest BCUT2D eigenvalue weighted by molar-refractivity contribution is -0.139. The van der Waals surface area contributed by atoms with Crippen molar-refractivity contribution in [2.45, 2.75) is 38.3 Å². The molecule has 172 valence electrons. The minimum atomic E-state index is 0.0675. The number of carbonyl (C=O) groups is 1. The number of piperidine rings is 2. The van der Waals surface area contributed by atoms with E-state index in [1.165, 1.54) is 6.39 Å². The van der Waals surface area contributed by atoms with E-state index in [2.05, 4.69) is 25.2 Å². The molecule has 33 heavy (non-hydrogen) atoms. The molecule has 0 radical (unpaired) electrons. The van der Waals surface area contributed by atoms with Crippen LogP contribution in [0.2, 0.25) is 0 Å². The van der Waals surface area contributed by atoms with Gasteiger partial charge >= 0.3 is 0 Å². The zero-order chi connectivity index (χ0) is 22.5. The van der Waals surface area contributed by atoms with Gasteiger partial charge in [-0.1, -0.05) is 17.3 Å². The zero-order valence-electron chi connectivity index (χ0n) is 18.5. The van der Waals surface area contributed by atoms with E-state index in [9.17, 15) is 4.79 Å². The van der Waals surface area contributed by atoms with Crippen molar-refractivity contribution in [3.63, 3.8) is 0 Å². The summed E-state index contributed by atoms with van der Waals surface area (Å²) < 4.78 is 11.2. The van der Waals surface area contributed by atoms with E-state index >= 15 is 0 Å². The Morgan fingerprint density at radius 3 is 2.58 bits per heavy atom. The van der Waals surface area contributed by atoms with Crippen molar-refractivity contribution in [1.29, 1.82) is 0 Å². The number of hydrogen-bond donors (Lipinski definition) is 0. The SMILES string of the molecule is O=C(C1CCN(Cc2ccnnc2)CC1)N1CCC(Oc2ccccc2-c2ncon2)CC1. The predicted octanol–water partition coefficient (Wildman–Crippen LogP) is 2.81. The molecule has 0 aliphatic carbocycles. The highest BCUT2D eigenvalue weighted by Gasteiger charge is 2.31. The molecule has 0 unspecified atom stereocenters. The van der Waals surface area contributed by atoms with Crippen molar-refractivity contribution in [2.75, 3.05) is 26.2 Å². The van der Waals surface area contributed by atoms with Crippen molar-refractivity contribution >= 4 is 5.91 Å². The van der Waals surface area contributed by atoms with Gasteiger partial charge in [0.1, 0.15) is 11.9 Å². The summed E-state index contributed by atoms with van der Waals surface area (Å²) in [5, 5.41) is 11.7. The van der Waals surface area contributed by atoms with E-state index in [1.54, 1.807) is 6.20 Å². The zero-order valence-corrected chi connectivity index (χ0v) is 18.5. The van der Waals surface area contributed by atoms with Crippen molar-refractivity contribution < 1.29 is 14.1 Å². The molecule has 1 aromatic carbocycles. The number of hydrogen-bond acceptors (Lipinski definition) is 8. The highest BCUT2D eigenvalue weighted by Crippen LogP contribution is 2.30. The van der Waals surface area contributed by atoms with Gasteiger partial charge in [0, 0.05) is 44.6 Å². The van der Waals surface area contributed by atoms with Crippen LogP contribution in [0, 0.1) is 5.92 Å². The van der Waals surface area contributed by atoms with Crippen molar-refractivity contribution in [2.24, 2.45) is 5.92 Å². The van der Waals surface area contributed by atoms with Crippen LogP contribution in [0.25, 0.3) is 11.4 Å². The molecule has 3 aromatic rings. The third-order valence-electron chi connectivity index (χ3n) is 6.53. The Morgan fingerprint density at radius 2 is 1.85 bits per heavy atom. The summed E-state index contributed by atoms with van der Waals surface area (Å²) in [5.74, 6) is 1.68. The fraction of sp³-hybridized carbons (Fsp3) is 0.458. The second-order valence-corrected chi connectivity index (χ2v) is 8.69. The fourth-order valence-corrected chi connectivity index (χ4v) is 4.68. The summed E-state index contributed by atoms with van der Waals surface area (Å²) in [4.78, 5) is 21.7. The van der Waals surface area contributed by atoms with Crippen molar-refractivity contribution in [1.82, 2.24) is 30.1 Å². The molecule has 0 atom stereocenters. The van der Waals surface area contributed by atoms with Gasteiger partial charge in [-0.15, -0.1) is 0 Å². The molecule has 9 heteroatoms. The van der Waals surface area contributed by atoms with Crippen molar-refractivity contribution in [3.05, 3.63) is 54.7 Å². The van der Waals surface area contributed by atoms with Gasteiger partial charge in [0.05, 0.1) is 11.8 Å². The number of amides is 1. The number of likely N-dealkylation sites (tertiary alicyclic amines) is 2. The van der Waals surface area contributed by atoms with Crippen LogP contribution in [0.5, 0.6) is 5.75 Å². The lowest BCUT2D eigenvalue weighted by Crippen LogP contribution is -2.46. The standard InChI is InChI=1S/C24H28N6O3/c31-24(19-6-11-29(12-7-19)16-18-5-10-26-27-15-18)30-13-8-20(9-14-30)33-22-4-2-1-3-21(22)23-25-17-32-28-23/h1-5,10,15,17,19-20H,6-9,11-14,16H2. The first-order chi connectivity index (χ1) is 16.3. The van der Waals surface area contributed by atoms with E-state index in [0.29, 0.717) is 11.7 Å². The molecule has 2 aliphatic heterocycles. The monoisotopic (exact) mass is 448 g/mol. The first kappa shape index (κ1) is 21.5. The van der Waals surface area contributed by atoms with Gasteiger partial charge in [0.2, 0.25) is 18.1 Å². The average molecular weight is 449 g/mol. The Morgan fingerprint density at radius 1 is 1.03 bits per heavy atom. The Kier molecular flexibility index (Phi) is 6.57. The molecule has 2 aliphatic rings. The van der Waals surface area contributed by atoms with Gasteiger partial charge in [0.25, 0.3) is 0 Å². The van der Waals surface area contributed by atoms with E-state index < -0.39 is 0 Å². The second kappa shape index (κ2) is 10.1. The molecule has 2 aromatic heterocycles. The predicted molar refractivity (Wildman–Crippen MR) is 120 cm³/mol. The third-order valence-corrected chi connectivity index (χ3v) is 6.53. The van der Waals surface area contributed by atoms with E-state index in [4.69, 9.17) is 9.26 Å². The lowest BCUT2D eigenvalue weighted by atomic mass is 9.94.